The average molecular weight is 322 g/mol. The van der Waals surface area contributed by atoms with Gasteiger partial charge < -0.3 is 5.32 Å². The third kappa shape index (κ3) is 5.35. The maximum absolute atomic E-state index is 6.07. The number of rotatable bonds is 7. The van der Waals surface area contributed by atoms with E-state index in [9.17, 15) is 0 Å². The molecule has 112 valence electrons. The Kier molecular flexibility index (Phi) is 6.56. The molecule has 0 saturated heterocycles. The van der Waals surface area contributed by atoms with Crippen molar-refractivity contribution >= 4 is 23.2 Å². The summed E-state index contributed by atoms with van der Waals surface area (Å²) in [6, 6.07) is 17.0. The molecule has 2 aromatic carbocycles. The maximum Gasteiger partial charge on any atom is 0.0595 e. The van der Waals surface area contributed by atoms with Crippen molar-refractivity contribution in [1.82, 2.24) is 5.32 Å². The molecule has 0 aliphatic heterocycles. The first kappa shape index (κ1) is 16.4. The summed E-state index contributed by atoms with van der Waals surface area (Å²) in [4.78, 5) is 0. The lowest BCUT2D eigenvalue weighted by molar-refractivity contribution is 0.502. The quantitative estimate of drug-likeness (QED) is 0.743. The van der Waals surface area contributed by atoms with Crippen LogP contribution >= 0.6 is 23.2 Å². The first-order valence-electron chi connectivity index (χ1n) is 7.34. The maximum atomic E-state index is 6.07. The fourth-order valence-corrected chi connectivity index (χ4v) is 2.82. The van der Waals surface area contributed by atoms with Gasteiger partial charge in [-0.1, -0.05) is 59.6 Å². The van der Waals surface area contributed by atoms with Gasteiger partial charge in [-0.25, -0.2) is 0 Å². The Morgan fingerprint density at radius 2 is 1.71 bits per heavy atom. The van der Waals surface area contributed by atoms with Crippen molar-refractivity contribution in [3.05, 3.63) is 69.7 Å². The van der Waals surface area contributed by atoms with Crippen LogP contribution in [0.25, 0.3) is 0 Å². The van der Waals surface area contributed by atoms with Crippen LogP contribution in [0.15, 0.2) is 48.5 Å². The van der Waals surface area contributed by atoms with Crippen molar-refractivity contribution in [3.63, 3.8) is 0 Å². The number of hydrogen-bond acceptors (Lipinski definition) is 1. The first-order valence-corrected chi connectivity index (χ1v) is 8.09. The number of hydrogen-bond donors (Lipinski definition) is 1. The topological polar surface area (TPSA) is 12.0 Å². The average Bonchev–Trinajstić information content (AvgIpc) is 2.51. The number of likely N-dealkylation sites (N-methyl/N-ethyl adjacent to an activating group) is 1. The van der Waals surface area contributed by atoms with E-state index in [4.69, 9.17) is 23.2 Å². The molecule has 0 aliphatic rings. The Bertz CT molecular complexity index is 554. The molecule has 1 unspecified atom stereocenters. The number of benzene rings is 2. The van der Waals surface area contributed by atoms with Crippen LogP contribution in [0, 0.1) is 0 Å². The van der Waals surface area contributed by atoms with Gasteiger partial charge >= 0.3 is 0 Å². The van der Waals surface area contributed by atoms with E-state index in [0.29, 0.717) is 16.1 Å². The lowest BCUT2D eigenvalue weighted by Gasteiger charge is -2.16. The molecule has 0 heterocycles. The largest absolute Gasteiger partial charge is 0.317 e. The molecule has 0 saturated carbocycles. The molecule has 0 radical (unpaired) electrons. The molecule has 2 rings (SSSR count). The molecular formula is C18H21Cl2N. The zero-order valence-electron chi connectivity index (χ0n) is 12.3. The van der Waals surface area contributed by atoms with Gasteiger partial charge in [0.25, 0.3) is 0 Å². The Labute approximate surface area is 137 Å². The standard InChI is InChI=1S/C18H21Cl2N/c1-21-16(9-5-8-14-6-3-2-4-7-14)12-15-10-11-17(19)18(20)13-15/h2-4,6-7,10-11,13,16,21H,5,8-9,12H2,1H3. The lowest BCUT2D eigenvalue weighted by atomic mass is 9.99. The summed E-state index contributed by atoms with van der Waals surface area (Å²) >= 11 is 12.0. The summed E-state index contributed by atoms with van der Waals surface area (Å²) in [7, 11) is 2.02. The Morgan fingerprint density at radius 1 is 0.952 bits per heavy atom. The van der Waals surface area contributed by atoms with Crippen LogP contribution in [-0.2, 0) is 12.8 Å². The molecule has 0 amide bonds. The van der Waals surface area contributed by atoms with Gasteiger partial charge in [-0.15, -0.1) is 0 Å². The third-order valence-corrected chi connectivity index (χ3v) is 4.47. The second-order valence-electron chi connectivity index (χ2n) is 5.32. The minimum absolute atomic E-state index is 0.464. The predicted molar refractivity (Wildman–Crippen MR) is 92.4 cm³/mol. The van der Waals surface area contributed by atoms with Crippen LogP contribution < -0.4 is 5.32 Å². The second kappa shape index (κ2) is 8.43. The van der Waals surface area contributed by atoms with Crippen LogP contribution in [0.3, 0.4) is 0 Å². The van der Waals surface area contributed by atoms with E-state index in [1.807, 2.05) is 19.2 Å². The van der Waals surface area contributed by atoms with E-state index in [0.717, 1.165) is 19.3 Å². The summed E-state index contributed by atoms with van der Waals surface area (Å²) in [5.41, 5.74) is 2.63. The van der Waals surface area contributed by atoms with Crippen molar-refractivity contribution in [1.29, 1.82) is 0 Å². The van der Waals surface area contributed by atoms with Crippen molar-refractivity contribution in [2.24, 2.45) is 0 Å². The molecule has 0 spiro atoms. The van der Waals surface area contributed by atoms with Gasteiger partial charge in [0.15, 0.2) is 0 Å². The monoisotopic (exact) mass is 321 g/mol. The minimum Gasteiger partial charge on any atom is -0.317 e. The van der Waals surface area contributed by atoms with E-state index in [-0.39, 0.29) is 0 Å². The lowest BCUT2D eigenvalue weighted by Crippen LogP contribution is -2.27. The Hall–Kier alpha value is -1.02. The summed E-state index contributed by atoms with van der Waals surface area (Å²) < 4.78 is 0. The van der Waals surface area contributed by atoms with Gasteiger partial charge in [-0.3, -0.25) is 0 Å². The van der Waals surface area contributed by atoms with E-state index in [2.05, 4.69) is 41.7 Å². The predicted octanol–water partition coefficient (Wildman–Crippen LogP) is 5.15. The SMILES string of the molecule is CNC(CCCc1ccccc1)Cc1ccc(Cl)c(Cl)c1. The molecule has 0 aromatic heterocycles. The van der Waals surface area contributed by atoms with E-state index in [1.165, 1.54) is 17.5 Å². The molecular weight excluding hydrogens is 301 g/mol. The van der Waals surface area contributed by atoms with E-state index >= 15 is 0 Å². The van der Waals surface area contributed by atoms with Crippen molar-refractivity contribution in [3.8, 4) is 0 Å². The zero-order valence-corrected chi connectivity index (χ0v) is 13.8. The molecule has 21 heavy (non-hydrogen) atoms. The molecule has 3 heteroatoms. The highest BCUT2D eigenvalue weighted by atomic mass is 35.5. The van der Waals surface area contributed by atoms with Crippen LogP contribution in [-0.4, -0.2) is 13.1 Å². The molecule has 2 aromatic rings. The van der Waals surface area contributed by atoms with Gasteiger partial charge in [-0.05, 0) is 56.0 Å². The summed E-state index contributed by atoms with van der Waals surface area (Å²) in [5.74, 6) is 0. The van der Waals surface area contributed by atoms with Crippen molar-refractivity contribution in [2.45, 2.75) is 31.7 Å². The smallest absolute Gasteiger partial charge is 0.0595 e. The van der Waals surface area contributed by atoms with Crippen LogP contribution in [0.2, 0.25) is 10.0 Å². The normalized spacial score (nSPS) is 12.3. The van der Waals surface area contributed by atoms with E-state index in [1.54, 1.807) is 0 Å². The van der Waals surface area contributed by atoms with Crippen molar-refractivity contribution in [2.75, 3.05) is 7.05 Å². The van der Waals surface area contributed by atoms with Gasteiger partial charge in [0.1, 0.15) is 0 Å². The molecule has 1 nitrogen and oxygen atoms in total. The first-order chi connectivity index (χ1) is 10.2. The fourth-order valence-electron chi connectivity index (χ4n) is 2.50. The van der Waals surface area contributed by atoms with Gasteiger partial charge in [0.2, 0.25) is 0 Å². The van der Waals surface area contributed by atoms with Crippen LogP contribution in [0.5, 0.6) is 0 Å². The summed E-state index contributed by atoms with van der Waals surface area (Å²) in [6.07, 6.45) is 4.42. The summed E-state index contributed by atoms with van der Waals surface area (Å²) in [5, 5.41) is 4.64. The Balaban J connectivity index is 1.84. The molecule has 0 aliphatic carbocycles. The molecule has 1 atom stereocenters. The highest BCUT2D eigenvalue weighted by Crippen LogP contribution is 2.23. The van der Waals surface area contributed by atoms with E-state index < -0.39 is 0 Å². The van der Waals surface area contributed by atoms with Crippen LogP contribution in [0.1, 0.15) is 24.0 Å². The van der Waals surface area contributed by atoms with Crippen molar-refractivity contribution < 1.29 is 0 Å². The molecule has 0 bridgehead atoms. The highest BCUT2D eigenvalue weighted by molar-refractivity contribution is 6.42. The zero-order chi connectivity index (χ0) is 15.1. The van der Waals surface area contributed by atoms with Crippen LogP contribution in [0.4, 0.5) is 0 Å². The molecule has 0 fully saturated rings. The van der Waals surface area contributed by atoms with Gasteiger partial charge in [0.05, 0.1) is 10.0 Å². The third-order valence-electron chi connectivity index (χ3n) is 3.74. The number of aryl methyl sites for hydroxylation is 1. The second-order valence-corrected chi connectivity index (χ2v) is 6.13. The Morgan fingerprint density at radius 3 is 2.38 bits per heavy atom. The summed E-state index contributed by atoms with van der Waals surface area (Å²) in [6.45, 7) is 0. The van der Waals surface area contributed by atoms with Gasteiger partial charge in [0, 0.05) is 6.04 Å². The minimum atomic E-state index is 0.464. The highest BCUT2D eigenvalue weighted by Gasteiger charge is 2.08. The fraction of sp³-hybridized carbons (Fsp3) is 0.333. The number of nitrogens with one attached hydrogen (secondary N) is 1. The van der Waals surface area contributed by atoms with Gasteiger partial charge in [-0.2, -0.15) is 0 Å². The molecule has 1 N–H and O–H groups in total. The number of halogens is 2.